The maximum Gasteiger partial charge on any atom is 0.284 e. The first-order valence-electron chi connectivity index (χ1n) is 7.25. The molecule has 2 nitrogen and oxygen atoms in total. The molecule has 0 saturated heterocycles. The Morgan fingerprint density at radius 2 is 1.65 bits per heavy atom. The van der Waals surface area contributed by atoms with E-state index in [1.807, 2.05) is 42.5 Å². The lowest BCUT2D eigenvalue weighted by atomic mass is 10.0. The van der Waals surface area contributed by atoms with Gasteiger partial charge in [0.25, 0.3) is 4.38 Å². The van der Waals surface area contributed by atoms with E-state index in [0.29, 0.717) is 4.38 Å². The molecule has 0 fully saturated rings. The molecule has 3 rings (SSSR count). The topological polar surface area (TPSA) is 36.2 Å². The monoisotopic (exact) mass is 337 g/mol. The maximum absolute atomic E-state index is 8.31. The quantitative estimate of drug-likeness (QED) is 0.315. The fourth-order valence-corrected chi connectivity index (χ4v) is 3.43. The average Bonchev–Trinajstić information content (AvgIpc) is 2.56. The first-order valence-corrected chi connectivity index (χ1v) is 8.56. The van der Waals surface area contributed by atoms with Crippen molar-refractivity contribution in [1.29, 1.82) is 5.41 Å². The molecule has 0 aliphatic carbocycles. The standard InChI is InChI=1S/C19H16N2S2/c1-13-9-11-15(12-10-13)23-19(22)21-18(20)17-8-4-6-14-5-2-3-7-16(14)17/h2-12H,1H3,(H2,20,21,22)/p+1. The van der Waals surface area contributed by atoms with Crippen molar-refractivity contribution in [1.82, 2.24) is 0 Å². The first-order chi connectivity index (χ1) is 11.1. The minimum Gasteiger partial charge on any atom is -0.282 e. The molecule has 3 aromatic carbocycles. The third-order valence-electron chi connectivity index (χ3n) is 3.49. The maximum atomic E-state index is 8.31. The van der Waals surface area contributed by atoms with Gasteiger partial charge in [0.15, 0.2) is 5.84 Å². The zero-order valence-electron chi connectivity index (χ0n) is 12.7. The Balaban J connectivity index is 1.85. The van der Waals surface area contributed by atoms with Crippen LogP contribution in [0.3, 0.4) is 0 Å². The van der Waals surface area contributed by atoms with Crippen LogP contribution >= 0.6 is 11.8 Å². The van der Waals surface area contributed by atoms with E-state index in [4.69, 9.17) is 5.41 Å². The minimum atomic E-state index is 0.256. The lowest BCUT2D eigenvalue weighted by Crippen LogP contribution is -1.99. The number of nitrogens with one attached hydrogen (secondary N) is 1. The summed E-state index contributed by atoms with van der Waals surface area (Å²) in [6, 6.07) is 22.2. The molecule has 0 unspecified atom stereocenters. The van der Waals surface area contributed by atoms with Crippen LogP contribution in [0.25, 0.3) is 10.8 Å². The van der Waals surface area contributed by atoms with Gasteiger partial charge in [-0.1, -0.05) is 60.2 Å². The number of hydrogen-bond donors (Lipinski definition) is 1. The van der Waals surface area contributed by atoms with E-state index < -0.39 is 0 Å². The molecule has 0 heterocycles. The smallest absolute Gasteiger partial charge is 0.282 e. The normalized spacial score (nSPS) is 11.7. The van der Waals surface area contributed by atoms with Gasteiger partial charge in [0.05, 0.1) is 0 Å². The van der Waals surface area contributed by atoms with E-state index >= 15 is 0 Å². The number of fused-ring (bicyclic) bond motifs is 1. The molecule has 0 radical (unpaired) electrons. The van der Waals surface area contributed by atoms with Crippen LogP contribution in [-0.4, -0.2) is 10.2 Å². The molecule has 0 aliphatic heterocycles. The van der Waals surface area contributed by atoms with Crippen molar-refractivity contribution in [2.24, 2.45) is 4.99 Å². The molecular weight excluding hydrogens is 320 g/mol. The predicted octanol–water partition coefficient (Wildman–Crippen LogP) is 4.63. The summed E-state index contributed by atoms with van der Waals surface area (Å²) in [7, 11) is 0. The second-order valence-electron chi connectivity index (χ2n) is 5.21. The molecule has 0 aliphatic rings. The number of aryl methyl sites for hydroxylation is 1. The van der Waals surface area contributed by atoms with Gasteiger partial charge in [-0.2, -0.15) is 4.99 Å². The Morgan fingerprint density at radius 3 is 2.43 bits per heavy atom. The summed E-state index contributed by atoms with van der Waals surface area (Å²) >= 11 is 5.03. The van der Waals surface area contributed by atoms with Gasteiger partial charge in [0, 0.05) is 23.1 Å². The third kappa shape index (κ3) is 3.84. The largest absolute Gasteiger partial charge is 0.284 e. The van der Waals surface area contributed by atoms with Crippen LogP contribution in [0.5, 0.6) is 0 Å². The molecule has 0 aromatic heterocycles. The highest BCUT2D eigenvalue weighted by molar-refractivity contribution is 8.27. The van der Waals surface area contributed by atoms with Crippen molar-refractivity contribution in [2.45, 2.75) is 11.8 Å². The lowest BCUT2D eigenvalue weighted by Gasteiger charge is -2.04. The number of amidine groups is 1. The number of hydrogen-bond acceptors (Lipinski definition) is 2. The minimum absolute atomic E-state index is 0.256. The Bertz CT molecular complexity index is 878. The Morgan fingerprint density at radius 1 is 0.957 bits per heavy atom. The SMILES string of the molecule is Cc1ccc(SC([SH2+])=NC(=N)c2cccc3ccccc23)cc1. The van der Waals surface area contributed by atoms with Crippen LogP contribution in [0.2, 0.25) is 0 Å². The van der Waals surface area contributed by atoms with Crippen molar-refractivity contribution in [3.05, 3.63) is 77.9 Å². The molecular formula is C19H17N2S2+. The lowest BCUT2D eigenvalue weighted by molar-refractivity contribution is 1.38. The van der Waals surface area contributed by atoms with Gasteiger partial charge in [0.1, 0.15) is 0 Å². The summed E-state index contributed by atoms with van der Waals surface area (Å²) in [6.07, 6.45) is 0. The summed E-state index contributed by atoms with van der Waals surface area (Å²) < 4.78 is 0.673. The molecule has 3 aromatic rings. The Kier molecular flexibility index (Phi) is 4.84. The summed E-state index contributed by atoms with van der Waals surface area (Å²) in [5.74, 6) is 0.256. The molecule has 0 atom stereocenters. The van der Waals surface area contributed by atoms with Gasteiger partial charge in [-0.25, -0.2) is 0 Å². The van der Waals surface area contributed by atoms with Gasteiger partial charge >= 0.3 is 0 Å². The predicted molar refractivity (Wildman–Crippen MR) is 105 cm³/mol. The number of rotatable bonds is 2. The second kappa shape index (κ2) is 7.02. The highest BCUT2D eigenvalue weighted by atomic mass is 32.2. The zero-order chi connectivity index (χ0) is 16.2. The molecule has 0 spiro atoms. The van der Waals surface area contributed by atoms with Crippen molar-refractivity contribution in [3.8, 4) is 0 Å². The van der Waals surface area contributed by atoms with Crippen molar-refractivity contribution in [3.63, 3.8) is 0 Å². The van der Waals surface area contributed by atoms with Crippen LogP contribution in [0.4, 0.5) is 0 Å². The molecule has 0 saturated carbocycles. The molecule has 114 valence electrons. The van der Waals surface area contributed by atoms with Crippen LogP contribution in [0, 0.1) is 12.3 Å². The van der Waals surface area contributed by atoms with Gasteiger partial charge < -0.3 is 0 Å². The summed E-state index contributed by atoms with van der Waals surface area (Å²) in [6.45, 7) is 2.06. The van der Waals surface area contributed by atoms with E-state index in [0.717, 1.165) is 21.2 Å². The summed E-state index contributed by atoms with van der Waals surface area (Å²) in [5, 5.41) is 10.5. The van der Waals surface area contributed by atoms with Gasteiger partial charge in [-0.05, 0) is 41.6 Å². The summed E-state index contributed by atoms with van der Waals surface area (Å²) in [5.41, 5.74) is 2.06. The number of thioether (sulfide) groups is 1. The molecule has 1 N–H and O–H groups in total. The van der Waals surface area contributed by atoms with E-state index in [9.17, 15) is 0 Å². The molecule has 0 bridgehead atoms. The second-order valence-corrected chi connectivity index (χ2v) is 7.11. The van der Waals surface area contributed by atoms with E-state index in [1.54, 1.807) is 0 Å². The van der Waals surface area contributed by atoms with Crippen LogP contribution in [0.15, 0.2) is 76.6 Å². The highest BCUT2D eigenvalue weighted by Gasteiger charge is 2.09. The fraction of sp³-hybridized carbons (Fsp3) is 0.0526. The van der Waals surface area contributed by atoms with Gasteiger partial charge in [-0.3, -0.25) is 5.41 Å². The molecule has 0 amide bonds. The van der Waals surface area contributed by atoms with Crippen molar-refractivity contribution < 1.29 is 0 Å². The Labute approximate surface area is 145 Å². The molecule has 23 heavy (non-hydrogen) atoms. The van der Waals surface area contributed by atoms with Crippen LogP contribution < -0.4 is 0 Å². The number of aliphatic imine (C=N–C) groups is 1. The van der Waals surface area contributed by atoms with Crippen molar-refractivity contribution in [2.75, 3.05) is 0 Å². The zero-order valence-corrected chi connectivity index (χ0v) is 14.5. The Hall–Kier alpha value is -2.04. The third-order valence-corrected chi connectivity index (χ3v) is 4.70. The van der Waals surface area contributed by atoms with Crippen molar-refractivity contribution >= 4 is 45.4 Å². The number of nitrogens with zero attached hydrogens (tertiary/aromatic N) is 1. The fourth-order valence-electron chi connectivity index (χ4n) is 2.33. The highest BCUT2D eigenvalue weighted by Crippen LogP contribution is 2.22. The molecule has 4 heteroatoms. The van der Waals surface area contributed by atoms with Crippen LogP contribution in [-0.2, 0) is 12.6 Å². The number of benzene rings is 3. The van der Waals surface area contributed by atoms with E-state index in [2.05, 4.69) is 48.8 Å². The average molecular weight is 337 g/mol. The van der Waals surface area contributed by atoms with E-state index in [1.165, 1.54) is 17.3 Å². The van der Waals surface area contributed by atoms with Gasteiger partial charge in [-0.15, -0.1) is 0 Å². The van der Waals surface area contributed by atoms with Crippen LogP contribution in [0.1, 0.15) is 11.1 Å². The summed E-state index contributed by atoms with van der Waals surface area (Å²) in [4.78, 5) is 5.48. The van der Waals surface area contributed by atoms with Gasteiger partial charge in [0.2, 0.25) is 0 Å². The van der Waals surface area contributed by atoms with E-state index in [-0.39, 0.29) is 5.84 Å². The first kappa shape index (κ1) is 15.8.